The quantitative estimate of drug-likeness (QED) is 0.637. The number of benzene rings is 1. The Morgan fingerprint density at radius 1 is 1.15 bits per heavy atom. The lowest BCUT2D eigenvalue weighted by Gasteiger charge is -2.27. The maximum atomic E-state index is 12.8. The second-order valence-electron chi connectivity index (χ2n) is 6.11. The number of morpholine rings is 1. The van der Waals surface area contributed by atoms with Crippen LogP contribution >= 0.6 is 35.4 Å². The highest BCUT2D eigenvalue weighted by atomic mass is 35.5. The van der Waals surface area contributed by atoms with Gasteiger partial charge < -0.3 is 9.64 Å². The largest absolute Gasteiger partial charge is 0.378 e. The van der Waals surface area contributed by atoms with Crippen LogP contribution in [0.5, 0.6) is 0 Å². The van der Waals surface area contributed by atoms with Crippen molar-refractivity contribution < 1.29 is 4.74 Å². The number of halogens is 2. The first-order chi connectivity index (χ1) is 12.9. The first kappa shape index (κ1) is 18.4. The van der Waals surface area contributed by atoms with Gasteiger partial charge >= 0.3 is 0 Å². The molecule has 0 atom stereocenters. The highest BCUT2D eigenvalue weighted by Gasteiger charge is 2.18. The molecule has 1 fully saturated rings. The van der Waals surface area contributed by atoms with Crippen molar-refractivity contribution >= 4 is 52.4 Å². The molecule has 3 aromatic rings. The number of hydrogen-bond donors (Lipinski definition) is 1. The van der Waals surface area contributed by atoms with Gasteiger partial charge in [-0.1, -0.05) is 35.4 Å². The Bertz CT molecular complexity index is 1130. The summed E-state index contributed by atoms with van der Waals surface area (Å²) in [6.45, 7) is 4.28. The van der Waals surface area contributed by atoms with E-state index in [1.807, 2.05) is 4.90 Å². The summed E-state index contributed by atoms with van der Waals surface area (Å²) in [6.07, 6.45) is 0. The third kappa shape index (κ3) is 3.45. The first-order valence-corrected chi connectivity index (χ1v) is 9.43. The van der Waals surface area contributed by atoms with Crippen molar-refractivity contribution in [2.45, 2.75) is 6.92 Å². The van der Waals surface area contributed by atoms with E-state index in [4.69, 9.17) is 40.2 Å². The summed E-state index contributed by atoms with van der Waals surface area (Å²) in [5, 5.41) is 1.19. The SMILES string of the molecule is Cc1nc2nc(N3CCOCC3)[nH]c(=O)c2c(=S)n1-c1cc(Cl)cc(Cl)c1. The number of rotatable bonds is 2. The van der Waals surface area contributed by atoms with E-state index in [1.165, 1.54) is 0 Å². The molecule has 27 heavy (non-hydrogen) atoms. The molecule has 0 bridgehead atoms. The van der Waals surface area contributed by atoms with Gasteiger partial charge in [-0.05, 0) is 25.1 Å². The molecule has 140 valence electrons. The van der Waals surface area contributed by atoms with Crippen LogP contribution in [0.25, 0.3) is 16.7 Å². The van der Waals surface area contributed by atoms with Crippen molar-refractivity contribution in [3.63, 3.8) is 0 Å². The normalized spacial score (nSPS) is 14.7. The maximum absolute atomic E-state index is 12.8. The fourth-order valence-electron chi connectivity index (χ4n) is 3.08. The zero-order chi connectivity index (χ0) is 19.1. The zero-order valence-corrected chi connectivity index (χ0v) is 16.7. The van der Waals surface area contributed by atoms with Crippen molar-refractivity contribution in [1.29, 1.82) is 0 Å². The van der Waals surface area contributed by atoms with Gasteiger partial charge in [-0.25, -0.2) is 4.98 Å². The average molecular weight is 424 g/mol. The molecule has 1 N–H and O–H groups in total. The lowest BCUT2D eigenvalue weighted by molar-refractivity contribution is 0.122. The van der Waals surface area contributed by atoms with Crippen LogP contribution in [0.4, 0.5) is 5.95 Å². The Morgan fingerprint density at radius 2 is 1.81 bits per heavy atom. The van der Waals surface area contributed by atoms with Crippen LogP contribution in [0.1, 0.15) is 5.82 Å². The number of hydrogen-bond acceptors (Lipinski definition) is 6. The predicted molar refractivity (Wildman–Crippen MR) is 108 cm³/mol. The number of aromatic nitrogens is 4. The van der Waals surface area contributed by atoms with Gasteiger partial charge in [0.1, 0.15) is 15.9 Å². The summed E-state index contributed by atoms with van der Waals surface area (Å²) in [5.41, 5.74) is 0.619. The van der Waals surface area contributed by atoms with Crippen LogP contribution in [0.3, 0.4) is 0 Å². The fourth-order valence-corrected chi connectivity index (χ4v) is 4.02. The smallest absolute Gasteiger partial charge is 0.264 e. The van der Waals surface area contributed by atoms with Crippen molar-refractivity contribution in [3.05, 3.63) is 49.1 Å². The molecular formula is C17H15Cl2N5O2S. The van der Waals surface area contributed by atoms with E-state index in [1.54, 1.807) is 29.7 Å². The predicted octanol–water partition coefficient (Wildman–Crippen LogP) is 3.29. The Labute approximate surface area is 169 Å². The molecular weight excluding hydrogens is 409 g/mol. The maximum Gasteiger partial charge on any atom is 0.264 e. The van der Waals surface area contributed by atoms with Crippen LogP contribution in [0, 0.1) is 11.6 Å². The molecule has 10 heteroatoms. The Morgan fingerprint density at radius 3 is 2.48 bits per heavy atom. The van der Waals surface area contributed by atoms with Crippen LogP contribution < -0.4 is 10.5 Å². The summed E-state index contributed by atoms with van der Waals surface area (Å²) in [7, 11) is 0. The summed E-state index contributed by atoms with van der Waals surface area (Å²) in [4.78, 5) is 26.6. The molecule has 1 aliphatic heterocycles. The average Bonchev–Trinajstić information content (AvgIpc) is 2.61. The van der Waals surface area contributed by atoms with E-state index >= 15 is 0 Å². The van der Waals surface area contributed by atoms with E-state index in [2.05, 4.69) is 15.0 Å². The molecule has 0 aliphatic carbocycles. The third-order valence-electron chi connectivity index (χ3n) is 4.31. The second kappa shape index (κ2) is 7.20. The lowest BCUT2D eigenvalue weighted by Crippen LogP contribution is -2.38. The zero-order valence-electron chi connectivity index (χ0n) is 14.3. The third-order valence-corrected chi connectivity index (χ3v) is 5.14. The molecule has 3 heterocycles. The second-order valence-corrected chi connectivity index (χ2v) is 7.37. The molecule has 1 aromatic carbocycles. The molecule has 0 saturated carbocycles. The number of anilines is 1. The fraction of sp³-hybridized carbons (Fsp3) is 0.294. The Balaban J connectivity index is 1.93. The number of aryl methyl sites for hydroxylation is 1. The molecule has 4 rings (SSSR count). The van der Waals surface area contributed by atoms with Gasteiger partial charge in [0.15, 0.2) is 5.65 Å². The van der Waals surface area contributed by atoms with Crippen LogP contribution in [-0.4, -0.2) is 45.8 Å². The minimum atomic E-state index is -0.333. The molecule has 0 unspecified atom stereocenters. The highest BCUT2D eigenvalue weighted by molar-refractivity contribution is 7.71. The minimum Gasteiger partial charge on any atom is -0.378 e. The van der Waals surface area contributed by atoms with E-state index in [9.17, 15) is 4.79 Å². The van der Waals surface area contributed by atoms with Crippen LogP contribution in [-0.2, 0) is 4.74 Å². The molecule has 0 radical (unpaired) electrons. The Kier molecular flexibility index (Phi) is 4.90. The number of H-pyrrole nitrogens is 1. The Hall–Kier alpha value is -2.00. The van der Waals surface area contributed by atoms with E-state index in [0.717, 1.165) is 0 Å². The van der Waals surface area contributed by atoms with Crippen molar-refractivity contribution in [1.82, 2.24) is 19.5 Å². The van der Waals surface area contributed by atoms with Gasteiger partial charge in [0.25, 0.3) is 5.56 Å². The highest BCUT2D eigenvalue weighted by Crippen LogP contribution is 2.24. The molecule has 1 saturated heterocycles. The van der Waals surface area contributed by atoms with Crippen molar-refractivity contribution in [2.75, 3.05) is 31.2 Å². The number of ether oxygens (including phenoxy) is 1. The summed E-state index contributed by atoms with van der Waals surface area (Å²) < 4.78 is 7.31. The van der Waals surface area contributed by atoms with Gasteiger partial charge in [-0.15, -0.1) is 0 Å². The molecule has 0 spiro atoms. The number of nitrogens with zero attached hydrogens (tertiary/aromatic N) is 4. The topological polar surface area (TPSA) is 76.0 Å². The number of fused-ring (bicyclic) bond motifs is 1. The van der Waals surface area contributed by atoms with Gasteiger partial charge in [0, 0.05) is 23.1 Å². The molecule has 0 amide bonds. The van der Waals surface area contributed by atoms with Gasteiger partial charge in [-0.2, -0.15) is 4.98 Å². The molecule has 1 aliphatic rings. The number of aromatic amines is 1. The lowest BCUT2D eigenvalue weighted by atomic mass is 10.3. The number of nitrogens with one attached hydrogen (secondary N) is 1. The van der Waals surface area contributed by atoms with Crippen molar-refractivity contribution in [3.8, 4) is 5.69 Å². The van der Waals surface area contributed by atoms with Crippen molar-refractivity contribution in [2.24, 2.45) is 0 Å². The molecule has 2 aromatic heterocycles. The van der Waals surface area contributed by atoms with Gasteiger partial charge in [0.2, 0.25) is 5.95 Å². The molecule has 7 nitrogen and oxygen atoms in total. The first-order valence-electron chi connectivity index (χ1n) is 8.27. The van der Waals surface area contributed by atoms with E-state index in [0.29, 0.717) is 64.1 Å². The van der Waals surface area contributed by atoms with Crippen LogP contribution in [0.2, 0.25) is 10.0 Å². The standard InChI is InChI=1S/C17H15Cl2N5O2S/c1-9-20-14-13(15(25)22-17(21-14)23-2-4-26-5-3-23)16(27)24(9)12-7-10(18)6-11(19)8-12/h6-8H,2-5H2,1H3,(H,21,22,25). The summed E-state index contributed by atoms with van der Waals surface area (Å²) >= 11 is 17.8. The van der Waals surface area contributed by atoms with Crippen LogP contribution in [0.15, 0.2) is 23.0 Å². The minimum absolute atomic E-state index is 0.253. The summed E-state index contributed by atoms with van der Waals surface area (Å²) in [5.74, 6) is 1.05. The monoisotopic (exact) mass is 423 g/mol. The summed E-state index contributed by atoms with van der Waals surface area (Å²) in [6, 6.07) is 5.06. The van der Waals surface area contributed by atoms with Gasteiger partial charge in [0.05, 0.1) is 18.9 Å². The van der Waals surface area contributed by atoms with E-state index in [-0.39, 0.29) is 10.9 Å². The van der Waals surface area contributed by atoms with E-state index < -0.39 is 0 Å². The van der Waals surface area contributed by atoms with Gasteiger partial charge in [-0.3, -0.25) is 14.3 Å².